The molecule has 1 saturated carbocycles. The highest BCUT2D eigenvalue weighted by Crippen LogP contribution is 2.34. The van der Waals surface area contributed by atoms with Crippen molar-refractivity contribution in [1.29, 1.82) is 0 Å². The van der Waals surface area contributed by atoms with E-state index in [0.29, 0.717) is 25.5 Å². The van der Waals surface area contributed by atoms with E-state index in [9.17, 15) is 4.79 Å². The first-order valence-electron chi connectivity index (χ1n) is 10.8. The van der Waals surface area contributed by atoms with Gasteiger partial charge in [-0.1, -0.05) is 25.7 Å². The lowest BCUT2D eigenvalue weighted by Crippen LogP contribution is -2.53. The molecule has 1 aromatic rings. The van der Waals surface area contributed by atoms with E-state index in [0.717, 1.165) is 49.4 Å². The Bertz CT molecular complexity index is 730. The Labute approximate surface area is 167 Å². The van der Waals surface area contributed by atoms with E-state index in [1.165, 1.54) is 25.7 Å². The van der Waals surface area contributed by atoms with Crippen LogP contribution in [0.25, 0.3) is 0 Å². The first-order valence-corrected chi connectivity index (χ1v) is 10.8. The Morgan fingerprint density at radius 1 is 1.14 bits per heavy atom. The molecular formula is C21H33N5O2. The molecule has 1 spiro atoms. The van der Waals surface area contributed by atoms with Gasteiger partial charge in [0.15, 0.2) is 0 Å². The topological polar surface area (TPSA) is 84.6 Å². The van der Waals surface area contributed by atoms with Crippen molar-refractivity contribution in [2.45, 2.75) is 70.4 Å². The van der Waals surface area contributed by atoms with Crippen LogP contribution in [0, 0.1) is 13.8 Å². The van der Waals surface area contributed by atoms with E-state index < -0.39 is 0 Å². The number of ether oxygens (including phenoxy) is 1. The Kier molecular flexibility index (Phi) is 5.56. The summed E-state index contributed by atoms with van der Waals surface area (Å²) in [6.45, 7) is 7.52. The summed E-state index contributed by atoms with van der Waals surface area (Å²) in [4.78, 5) is 26.7. The molecule has 1 aliphatic carbocycles. The number of rotatable bonds is 2. The summed E-state index contributed by atoms with van der Waals surface area (Å²) in [6, 6.07) is 0.170. The zero-order valence-corrected chi connectivity index (χ0v) is 17.2. The maximum absolute atomic E-state index is 13.3. The largest absolute Gasteiger partial charge is 0.371 e. The van der Waals surface area contributed by atoms with Crippen LogP contribution in [0.15, 0.2) is 0 Å². The zero-order valence-electron chi connectivity index (χ0n) is 17.2. The summed E-state index contributed by atoms with van der Waals surface area (Å²) in [5.41, 5.74) is 7.81. The molecule has 1 aromatic heterocycles. The van der Waals surface area contributed by atoms with Crippen LogP contribution in [-0.4, -0.2) is 65.2 Å². The minimum atomic E-state index is -0.172. The monoisotopic (exact) mass is 387 g/mol. The van der Waals surface area contributed by atoms with Gasteiger partial charge in [0.05, 0.1) is 18.8 Å². The Morgan fingerprint density at radius 2 is 1.89 bits per heavy atom. The third-order valence-corrected chi connectivity index (χ3v) is 6.63. The number of aryl methyl sites for hydroxylation is 1. The van der Waals surface area contributed by atoms with Crippen LogP contribution in [0.5, 0.6) is 0 Å². The highest BCUT2D eigenvalue weighted by atomic mass is 16.5. The summed E-state index contributed by atoms with van der Waals surface area (Å²) < 4.78 is 6.21. The fourth-order valence-electron chi connectivity index (χ4n) is 4.83. The van der Waals surface area contributed by atoms with Crippen molar-refractivity contribution < 1.29 is 9.53 Å². The number of aromatic nitrogens is 2. The van der Waals surface area contributed by atoms with E-state index in [1.54, 1.807) is 0 Å². The molecule has 3 fully saturated rings. The lowest BCUT2D eigenvalue weighted by atomic mass is 9.92. The summed E-state index contributed by atoms with van der Waals surface area (Å²) in [6.07, 6.45) is 7.94. The number of hydrogen-bond acceptors (Lipinski definition) is 6. The van der Waals surface area contributed by atoms with Crippen molar-refractivity contribution in [3.8, 4) is 0 Å². The molecular weight excluding hydrogens is 354 g/mol. The minimum Gasteiger partial charge on any atom is -0.371 e. The molecule has 4 rings (SSSR count). The van der Waals surface area contributed by atoms with Gasteiger partial charge < -0.3 is 20.3 Å². The molecule has 3 heterocycles. The van der Waals surface area contributed by atoms with Crippen molar-refractivity contribution >= 4 is 11.7 Å². The van der Waals surface area contributed by atoms with Crippen LogP contribution < -0.4 is 10.6 Å². The average molecular weight is 388 g/mol. The molecule has 0 unspecified atom stereocenters. The lowest BCUT2D eigenvalue weighted by molar-refractivity contribution is -0.107. The number of amides is 1. The Morgan fingerprint density at radius 3 is 2.57 bits per heavy atom. The second kappa shape index (κ2) is 7.95. The molecule has 2 aliphatic heterocycles. The van der Waals surface area contributed by atoms with Crippen molar-refractivity contribution in [1.82, 2.24) is 14.9 Å². The van der Waals surface area contributed by atoms with Gasteiger partial charge >= 0.3 is 0 Å². The van der Waals surface area contributed by atoms with Crippen LogP contribution in [0.1, 0.15) is 66.8 Å². The van der Waals surface area contributed by atoms with Crippen LogP contribution >= 0.6 is 0 Å². The number of hydrogen-bond donors (Lipinski definition) is 1. The highest BCUT2D eigenvalue weighted by molar-refractivity contribution is 5.91. The lowest BCUT2D eigenvalue weighted by Gasteiger charge is -2.42. The molecule has 1 amide bonds. The van der Waals surface area contributed by atoms with Gasteiger partial charge in [-0.2, -0.15) is 0 Å². The van der Waals surface area contributed by atoms with Gasteiger partial charge in [0, 0.05) is 36.9 Å². The molecule has 28 heavy (non-hydrogen) atoms. The second-order valence-corrected chi connectivity index (χ2v) is 8.75. The maximum Gasteiger partial charge on any atom is 0.291 e. The number of nitrogens with zero attached hydrogens (tertiary/aromatic N) is 4. The SMILES string of the molecule is Cc1nc(C(=O)N2CCOC3(CCCCCC3)C2)nc(N2CC[C@@H](N)C2)c1C. The molecule has 154 valence electrons. The predicted octanol–water partition coefficient (Wildman–Crippen LogP) is 2.20. The zero-order chi connectivity index (χ0) is 19.7. The summed E-state index contributed by atoms with van der Waals surface area (Å²) in [5.74, 6) is 1.10. The molecule has 2 N–H and O–H groups in total. The summed E-state index contributed by atoms with van der Waals surface area (Å²) in [5, 5.41) is 0. The Balaban J connectivity index is 1.56. The molecule has 3 aliphatic rings. The fourth-order valence-corrected chi connectivity index (χ4v) is 4.83. The molecule has 1 atom stereocenters. The molecule has 0 aromatic carbocycles. The first-order chi connectivity index (χ1) is 13.5. The number of morpholine rings is 1. The van der Waals surface area contributed by atoms with Gasteiger partial charge in [-0.05, 0) is 33.1 Å². The van der Waals surface area contributed by atoms with Gasteiger partial charge in [0.1, 0.15) is 5.82 Å². The van der Waals surface area contributed by atoms with Gasteiger partial charge in [-0.25, -0.2) is 9.97 Å². The molecule has 0 radical (unpaired) electrons. The molecule has 7 heteroatoms. The van der Waals surface area contributed by atoms with Gasteiger partial charge in [-0.15, -0.1) is 0 Å². The molecule has 0 bridgehead atoms. The van der Waals surface area contributed by atoms with Gasteiger partial charge in [0.25, 0.3) is 5.91 Å². The highest BCUT2D eigenvalue weighted by Gasteiger charge is 2.39. The van der Waals surface area contributed by atoms with E-state index in [4.69, 9.17) is 15.5 Å². The van der Waals surface area contributed by atoms with Crippen molar-refractivity contribution in [3.05, 3.63) is 17.1 Å². The van der Waals surface area contributed by atoms with Crippen LogP contribution in [0.3, 0.4) is 0 Å². The summed E-state index contributed by atoms with van der Waals surface area (Å²) in [7, 11) is 0. The molecule has 7 nitrogen and oxygen atoms in total. The minimum absolute atomic E-state index is 0.0697. The number of carbonyl (C=O) groups excluding carboxylic acids is 1. The van der Waals surface area contributed by atoms with Crippen molar-refractivity contribution in [2.24, 2.45) is 5.73 Å². The first kappa shape index (κ1) is 19.6. The fraction of sp³-hybridized carbons (Fsp3) is 0.762. The van der Waals surface area contributed by atoms with Gasteiger partial charge in [-0.3, -0.25) is 4.79 Å². The number of anilines is 1. The third kappa shape index (κ3) is 3.87. The van der Waals surface area contributed by atoms with E-state index in [-0.39, 0.29) is 17.6 Å². The average Bonchev–Trinajstić information content (AvgIpc) is 3.00. The third-order valence-electron chi connectivity index (χ3n) is 6.63. The maximum atomic E-state index is 13.3. The number of nitrogens with two attached hydrogens (primary N) is 1. The number of carbonyl (C=O) groups is 1. The predicted molar refractivity (Wildman–Crippen MR) is 109 cm³/mol. The normalized spacial score (nSPS) is 25.2. The van der Waals surface area contributed by atoms with E-state index in [2.05, 4.69) is 9.88 Å². The van der Waals surface area contributed by atoms with E-state index in [1.807, 2.05) is 18.7 Å². The van der Waals surface area contributed by atoms with Crippen LogP contribution in [0.2, 0.25) is 0 Å². The quantitative estimate of drug-likeness (QED) is 0.837. The van der Waals surface area contributed by atoms with Crippen molar-refractivity contribution in [2.75, 3.05) is 37.7 Å². The molecule has 2 saturated heterocycles. The van der Waals surface area contributed by atoms with Gasteiger partial charge in [0.2, 0.25) is 5.82 Å². The van der Waals surface area contributed by atoms with Crippen molar-refractivity contribution in [3.63, 3.8) is 0 Å². The van der Waals surface area contributed by atoms with E-state index >= 15 is 0 Å². The van der Waals surface area contributed by atoms with Crippen LogP contribution in [-0.2, 0) is 4.74 Å². The van der Waals surface area contributed by atoms with Crippen LogP contribution in [0.4, 0.5) is 5.82 Å². The Hall–Kier alpha value is -1.73. The smallest absolute Gasteiger partial charge is 0.291 e. The second-order valence-electron chi connectivity index (χ2n) is 8.75. The summed E-state index contributed by atoms with van der Waals surface area (Å²) >= 11 is 0. The standard InChI is InChI=1S/C21H33N5O2/c1-15-16(2)23-18(24-19(15)25-10-7-17(22)13-25)20(27)26-11-12-28-21(14-26)8-5-3-4-6-9-21/h17H,3-14,22H2,1-2H3/t17-/m1/s1.